The monoisotopic (exact) mass is 267 g/mol. The first-order valence-electron chi connectivity index (χ1n) is 6.25. The second-order valence-electron chi connectivity index (χ2n) is 4.53. The first kappa shape index (κ1) is 11.0. The van der Waals surface area contributed by atoms with Crippen molar-refractivity contribution in [3.8, 4) is 11.5 Å². The number of nitrogens with one attached hydrogen (secondary N) is 1. The number of para-hydroxylation sites is 2. The lowest BCUT2D eigenvalue weighted by Crippen LogP contribution is -2.11. The summed E-state index contributed by atoms with van der Waals surface area (Å²) in [5.41, 5.74) is 2.32. The smallest absolute Gasteiger partial charge is 0.346 e. The standard InChI is InChI=1S/C15H10N2O3/c18-15(10-5-6-13-14(7-10)20-9-19-13)17-8-16-11-3-1-2-4-12(11)17/h1-8H,9H2/p+1. The molecule has 0 amide bonds. The van der Waals surface area contributed by atoms with Gasteiger partial charge in [-0.25, -0.2) is 9.78 Å². The Labute approximate surface area is 114 Å². The Morgan fingerprint density at radius 2 is 1.95 bits per heavy atom. The Balaban J connectivity index is 1.80. The number of hydrogen-bond acceptors (Lipinski definition) is 3. The minimum absolute atomic E-state index is 0.110. The summed E-state index contributed by atoms with van der Waals surface area (Å²) >= 11 is 0. The number of hydrogen-bond donors (Lipinski definition) is 0. The molecule has 1 aliphatic heterocycles. The lowest BCUT2D eigenvalue weighted by molar-refractivity contribution is -0.345. The van der Waals surface area contributed by atoms with Crippen molar-refractivity contribution in [2.75, 3.05) is 6.79 Å². The van der Waals surface area contributed by atoms with Gasteiger partial charge in [-0.3, -0.25) is 0 Å². The van der Waals surface area contributed by atoms with Crippen LogP contribution < -0.4 is 14.5 Å². The SMILES string of the molecule is O=C(c1ccc2c(c1)OCO2)n1c[nH+]c2ccccc21. The van der Waals surface area contributed by atoms with Gasteiger partial charge in [-0.2, -0.15) is 4.57 Å². The highest BCUT2D eigenvalue weighted by atomic mass is 16.7. The third-order valence-electron chi connectivity index (χ3n) is 3.35. The molecular formula is C15H11N2O3+. The number of aromatic amines is 1. The highest BCUT2D eigenvalue weighted by Crippen LogP contribution is 2.32. The van der Waals surface area contributed by atoms with Crippen molar-refractivity contribution < 1.29 is 19.3 Å². The van der Waals surface area contributed by atoms with Gasteiger partial charge in [0, 0.05) is 0 Å². The van der Waals surface area contributed by atoms with Crippen molar-refractivity contribution in [2.24, 2.45) is 0 Å². The molecular weight excluding hydrogens is 256 g/mol. The van der Waals surface area contributed by atoms with E-state index in [0.717, 1.165) is 11.0 Å². The molecule has 0 aliphatic carbocycles. The highest BCUT2D eigenvalue weighted by Gasteiger charge is 2.22. The van der Waals surface area contributed by atoms with Crippen LogP contribution in [0.5, 0.6) is 11.5 Å². The average Bonchev–Trinajstić information content (AvgIpc) is 3.12. The number of nitrogens with zero attached hydrogens (tertiary/aromatic N) is 1. The molecule has 5 nitrogen and oxygen atoms in total. The Morgan fingerprint density at radius 1 is 1.10 bits per heavy atom. The summed E-state index contributed by atoms with van der Waals surface area (Å²) < 4.78 is 12.1. The molecule has 4 rings (SSSR count). The van der Waals surface area contributed by atoms with Gasteiger partial charge >= 0.3 is 5.91 Å². The van der Waals surface area contributed by atoms with Gasteiger partial charge in [0.15, 0.2) is 22.5 Å². The molecule has 0 saturated carbocycles. The molecule has 20 heavy (non-hydrogen) atoms. The van der Waals surface area contributed by atoms with Crippen LogP contribution >= 0.6 is 0 Å². The summed E-state index contributed by atoms with van der Waals surface area (Å²) in [7, 11) is 0. The van der Waals surface area contributed by atoms with E-state index < -0.39 is 0 Å². The first-order chi connectivity index (χ1) is 9.83. The van der Waals surface area contributed by atoms with E-state index in [1.807, 2.05) is 24.3 Å². The number of aromatic nitrogens is 2. The third-order valence-corrected chi connectivity index (χ3v) is 3.35. The van der Waals surface area contributed by atoms with Gasteiger partial charge in [-0.1, -0.05) is 12.1 Å². The summed E-state index contributed by atoms with van der Waals surface area (Å²) in [6.45, 7) is 0.202. The molecule has 5 heteroatoms. The minimum Gasteiger partial charge on any atom is -0.454 e. The van der Waals surface area contributed by atoms with Crippen LogP contribution in [-0.2, 0) is 0 Å². The maximum absolute atomic E-state index is 12.6. The van der Waals surface area contributed by atoms with E-state index in [-0.39, 0.29) is 12.7 Å². The lowest BCUT2D eigenvalue weighted by atomic mass is 10.2. The molecule has 0 spiro atoms. The van der Waals surface area contributed by atoms with Crippen LogP contribution in [0.2, 0.25) is 0 Å². The van der Waals surface area contributed by atoms with E-state index in [1.54, 1.807) is 29.1 Å². The molecule has 0 bridgehead atoms. The summed E-state index contributed by atoms with van der Waals surface area (Å²) in [5, 5.41) is 0. The average molecular weight is 267 g/mol. The number of fused-ring (bicyclic) bond motifs is 2. The van der Waals surface area contributed by atoms with E-state index in [2.05, 4.69) is 4.98 Å². The van der Waals surface area contributed by atoms with Crippen LogP contribution in [-0.4, -0.2) is 17.3 Å². The molecule has 1 aromatic heterocycles. The van der Waals surface area contributed by atoms with Crippen LogP contribution in [0.4, 0.5) is 0 Å². The number of ether oxygens (including phenoxy) is 2. The minimum atomic E-state index is -0.110. The van der Waals surface area contributed by atoms with E-state index in [4.69, 9.17) is 9.47 Å². The molecule has 0 fully saturated rings. The summed E-state index contributed by atoms with van der Waals surface area (Å²) in [4.78, 5) is 15.6. The third kappa shape index (κ3) is 1.56. The molecule has 3 aromatic rings. The largest absolute Gasteiger partial charge is 0.454 e. The van der Waals surface area contributed by atoms with Gasteiger partial charge in [0.05, 0.1) is 5.56 Å². The molecule has 2 aromatic carbocycles. The molecule has 0 unspecified atom stereocenters. The Morgan fingerprint density at radius 3 is 2.90 bits per heavy atom. The quantitative estimate of drug-likeness (QED) is 0.676. The molecule has 98 valence electrons. The highest BCUT2D eigenvalue weighted by molar-refractivity contribution is 6.00. The zero-order valence-corrected chi connectivity index (χ0v) is 10.5. The van der Waals surface area contributed by atoms with Crippen LogP contribution in [0, 0.1) is 0 Å². The number of imidazole rings is 1. The van der Waals surface area contributed by atoms with Crippen molar-refractivity contribution in [1.82, 2.24) is 4.57 Å². The van der Waals surface area contributed by atoms with Crippen LogP contribution in [0.3, 0.4) is 0 Å². The maximum atomic E-state index is 12.6. The van der Waals surface area contributed by atoms with Crippen LogP contribution in [0.15, 0.2) is 48.8 Å². The Hall–Kier alpha value is -2.82. The summed E-state index contributed by atoms with van der Waals surface area (Å²) in [5.74, 6) is 1.17. The van der Waals surface area contributed by atoms with Gasteiger partial charge in [0.2, 0.25) is 13.1 Å². The van der Waals surface area contributed by atoms with Crippen LogP contribution in [0.1, 0.15) is 10.4 Å². The number of rotatable bonds is 1. The van der Waals surface area contributed by atoms with E-state index in [9.17, 15) is 4.79 Å². The summed E-state index contributed by atoms with van der Waals surface area (Å²) in [6, 6.07) is 12.9. The van der Waals surface area contributed by atoms with Crippen molar-refractivity contribution in [3.63, 3.8) is 0 Å². The molecule has 1 N–H and O–H groups in total. The fraction of sp³-hybridized carbons (Fsp3) is 0.0667. The van der Waals surface area contributed by atoms with E-state index in [1.165, 1.54) is 0 Å². The Bertz CT molecular complexity index is 823. The molecule has 1 aliphatic rings. The van der Waals surface area contributed by atoms with Gasteiger partial charge < -0.3 is 9.47 Å². The predicted molar refractivity (Wildman–Crippen MR) is 70.8 cm³/mol. The Kier molecular flexibility index (Phi) is 2.26. The number of H-pyrrole nitrogens is 1. The lowest BCUT2D eigenvalue weighted by Gasteiger charge is -1.99. The van der Waals surface area contributed by atoms with Crippen molar-refractivity contribution >= 4 is 16.9 Å². The molecule has 2 heterocycles. The molecule has 0 radical (unpaired) electrons. The second-order valence-corrected chi connectivity index (χ2v) is 4.53. The zero-order chi connectivity index (χ0) is 13.5. The van der Waals surface area contributed by atoms with Gasteiger partial charge in [0.25, 0.3) is 0 Å². The fourth-order valence-electron chi connectivity index (χ4n) is 2.35. The van der Waals surface area contributed by atoms with Crippen LogP contribution in [0.25, 0.3) is 11.0 Å². The molecule has 0 atom stereocenters. The topological polar surface area (TPSA) is 54.6 Å². The van der Waals surface area contributed by atoms with Gasteiger partial charge in [-0.05, 0) is 30.3 Å². The normalized spacial score (nSPS) is 12.8. The van der Waals surface area contributed by atoms with Crippen molar-refractivity contribution in [3.05, 3.63) is 54.4 Å². The maximum Gasteiger partial charge on any atom is 0.346 e. The van der Waals surface area contributed by atoms with Gasteiger partial charge in [-0.15, -0.1) is 0 Å². The number of carbonyl (C=O) groups is 1. The number of benzene rings is 2. The fourth-order valence-corrected chi connectivity index (χ4v) is 2.35. The van der Waals surface area contributed by atoms with Crippen molar-refractivity contribution in [1.29, 1.82) is 0 Å². The molecule has 0 saturated heterocycles. The zero-order valence-electron chi connectivity index (χ0n) is 10.5. The first-order valence-corrected chi connectivity index (χ1v) is 6.25. The predicted octanol–water partition coefficient (Wildman–Crippen LogP) is 1.87. The van der Waals surface area contributed by atoms with E-state index in [0.29, 0.717) is 17.1 Å². The van der Waals surface area contributed by atoms with E-state index >= 15 is 0 Å². The number of carbonyl (C=O) groups excluding carboxylic acids is 1. The second kappa shape index (κ2) is 4.09. The van der Waals surface area contributed by atoms with Crippen molar-refractivity contribution in [2.45, 2.75) is 0 Å². The van der Waals surface area contributed by atoms with Gasteiger partial charge in [0.1, 0.15) is 0 Å². The summed E-state index contributed by atoms with van der Waals surface area (Å²) in [6.07, 6.45) is 1.66.